The lowest BCUT2D eigenvalue weighted by Crippen LogP contribution is -3.62. The van der Waals surface area contributed by atoms with Crippen LogP contribution in [0.5, 0.6) is 0 Å². The van der Waals surface area contributed by atoms with Crippen molar-refractivity contribution >= 4 is 0 Å². The van der Waals surface area contributed by atoms with Crippen molar-refractivity contribution in [3.05, 3.63) is 64.8 Å². The molecular weight excluding hydrogens is 559 g/mol. The van der Waals surface area contributed by atoms with E-state index in [2.05, 4.69) is 65.8 Å². The van der Waals surface area contributed by atoms with Gasteiger partial charge in [-0.25, -0.2) is 0 Å². The van der Waals surface area contributed by atoms with E-state index in [0.29, 0.717) is 0 Å². The van der Waals surface area contributed by atoms with Crippen LogP contribution in [0.3, 0.4) is 0 Å². The van der Waals surface area contributed by atoms with Crippen LogP contribution < -0.4 is 21.2 Å². The van der Waals surface area contributed by atoms with E-state index in [4.69, 9.17) is 0 Å². The third-order valence-corrected chi connectivity index (χ3v) is 11.0. The van der Waals surface area contributed by atoms with Crippen LogP contribution in [0.25, 0.3) is 0 Å². The van der Waals surface area contributed by atoms with Gasteiger partial charge in [0.2, 0.25) is 0 Å². The molecule has 37 heavy (non-hydrogen) atoms. The summed E-state index contributed by atoms with van der Waals surface area (Å²) in [5, 5.41) is 0. The molecule has 0 aliphatic rings. The number of hydrogen-bond donors (Lipinski definition) is 0. The molecule has 0 bridgehead atoms. The number of hydrogen-bond acceptors (Lipinski definition) is 0. The summed E-state index contributed by atoms with van der Waals surface area (Å²) in [6.45, 7) is 14.1. The molecule has 0 saturated carbocycles. The van der Waals surface area contributed by atoms with Gasteiger partial charge in [0.05, 0.1) is 0 Å². The fourth-order valence-electron chi connectivity index (χ4n) is 5.49. The van der Waals surface area contributed by atoms with Gasteiger partial charge in [-0.2, -0.15) is 0 Å². The van der Waals surface area contributed by atoms with E-state index in [1.54, 1.807) is 40.5 Å². The molecule has 2 rings (SSSR count). The molecule has 1 heteroatoms. The van der Waals surface area contributed by atoms with E-state index in [1.807, 2.05) is 0 Å². The van der Waals surface area contributed by atoms with Gasteiger partial charge in [-0.1, -0.05) is 92.2 Å². The van der Waals surface area contributed by atoms with E-state index >= 15 is 0 Å². The van der Waals surface area contributed by atoms with Crippen molar-refractivity contribution < 1.29 is 21.2 Å². The highest BCUT2D eigenvalue weighted by Crippen LogP contribution is 2.24. The third-order valence-electron chi connectivity index (χ3n) is 7.87. The highest BCUT2D eigenvalue weighted by molar-refractivity contribution is 5.38. The molecule has 0 aromatic heterocycles. The van der Waals surface area contributed by atoms with Crippen molar-refractivity contribution in [1.29, 1.82) is 0 Å². The summed E-state index contributed by atoms with van der Waals surface area (Å²) in [4.78, 5) is 0. The van der Waals surface area contributed by atoms with Gasteiger partial charge >= 0.3 is 21.2 Å². The normalized spacial score (nSPS) is 11.4. The molecule has 0 unspecified atom stereocenters. The van der Waals surface area contributed by atoms with E-state index in [1.165, 1.54) is 116 Å². The fraction of sp³-hybridized carbons (Fsp3) is 0.667. The predicted molar refractivity (Wildman–Crippen MR) is 162 cm³/mol. The Morgan fingerprint density at radius 2 is 0.676 bits per heavy atom. The highest BCUT2D eigenvalue weighted by atomic mass is 127. The summed E-state index contributed by atoms with van der Waals surface area (Å²) in [6.07, 6.45) is 23.4. The third kappa shape index (κ3) is 10.3. The summed E-state index contributed by atoms with van der Waals surface area (Å²) in [5.41, 5.74) is 10.4. The smallest absolute Gasteiger partial charge is 0.0654 e. The summed E-state index contributed by atoms with van der Waals surface area (Å²) in [6, 6.07) is 10.3. The minimum Gasteiger partial charge on any atom is -0.0654 e. The first-order valence-corrected chi connectivity index (χ1v) is 18.2. The molecule has 0 atom stereocenters. The Labute approximate surface area is 242 Å². The van der Waals surface area contributed by atoms with Crippen LogP contribution in [0.1, 0.15) is 152 Å². The lowest BCUT2D eigenvalue weighted by Gasteiger charge is -2.17. The number of unbranched alkanes of at least 4 members (excludes halogenated alkanes) is 6. The molecular formula is C36H58I+. The van der Waals surface area contributed by atoms with Crippen molar-refractivity contribution in [2.45, 2.75) is 157 Å². The maximum absolute atomic E-state index is 2.58. The average Bonchev–Trinajstić information content (AvgIpc) is 2.92. The van der Waals surface area contributed by atoms with Crippen molar-refractivity contribution in [2.75, 3.05) is 0 Å². The minimum absolute atomic E-state index is 0.168. The van der Waals surface area contributed by atoms with Gasteiger partial charge in [0.15, 0.2) is 7.14 Å². The SMILES string of the molecule is CCCCc1ccc([I+]c2ccc(CCCC)c(CCCC)c2CCCC)c(CCCC)c1CCCC. The number of benzene rings is 2. The molecule has 0 nitrogen and oxygen atoms in total. The molecule has 0 radical (unpaired) electrons. The quantitative estimate of drug-likeness (QED) is 0.133. The molecule has 0 aliphatic heterocycles. The Morgan fingerprint density at radius 1 is 0.378 bits per heavy atom. The molecule has 0 amide bonds. The number of rotatable bonds is 20. The van der Waals surface area contributed by atoms with Crippen LogP contribution >= 0.6 is 0 Å². The Hall–Kier alpha value is -0.830. The molecule has 0 saturated heterocycles. The van der Waals surface area contributed by atoms with Gasteiger partial charge in [-0.15, -0.1) is 0 Å². The zero-order chi connectivity index (χ0) is 26.9. The lowest BCUT2D eigenvalue weighted by molar-refractivity contribution is -0.599. The van der Waals surface area contributed by atoms with Crippen molar-refractivity contribution in [3.63, 3.8) is 0 Å². The first-order valence-electron chi connectivity index (χ1n) is 16.1. The van der Waals surface area contributed by atoms with Crippen LogP contribution in [-0.4, -0.2) is 0 Å². The van der Waals surface area contributed by atoms with Crippen LogP contribution in [-0.2, 0) is 38.5 Å². The Bertz CT molecular complexity index is 821. The van der Waals surface area contributed by atoms with E-state index < -0.39 is 0 Å². The summed E-state index contributed by atoms with van der Waals surface area (Å²) in [5.74, 6) is 0. The van der Waals surface area contributed by atoms with Crippen molar-refractivity contribution in [3.8, 4) is 0 Å². The zero-order valence-electron chi connectivity index (χ0n) is 25.4. The monoisotopic (exact) mass is 617 g/mol. The van der Waals surface area contributed by atoms with Crippen LogP contribution in [0.2, 0.25) is 0 Å². The number of halogens is 1. The molecule has 0 heterocycles. The van der Waals surface area contributed by atoms with E-state index in [0.717, 1.165) is 0 Å². The molecule has 208 valence electrons. The molecule has 2 aromatic rings. The maximum Gasteiger partial charge on any atom is 0.358 e. The largest absolute Gasteiger partial charge is 0.358 e. The summed E-state index contributed by atoms with van der Waals surface area (Å²) >= 11 is -0.168. The van der Waals surface area contributed by atoms with E-state index in [9.17, 15) is 0 Å². The van der Waals surface area contributed by atoms with Gasteiger partial charge in [-0.3, -0.25) is 0 Å². The first kappa shape index (κ1) is 32.4. The first-order chi connectivity index (χ1) is 18.1. The highest BCUT2D eigenvalue weighted by Gasteiger charge is 2.28. The number of aryl methyl sites for hydroxylation is 2. The molecule has 0 spiro atoms. The van der Waals surface area contributed by atoms with Gasteiger partial charge in [0, 0.05) is 11.1 Å². The summed E-state index contributed by atoms with van der Waals surface area (Å²) < 4.78 is 3.47. The Morgan fingerprint density at radius 3 is 1.00 bits per heavy atom. The van der Waals surface area contributed by atoms with Gasteiger partial charge in [0.1, 0.15) is 0 Å². The maximum atomic E-state index is 2.58. The Balaban J connectivity index is 2.59. The fourth-order valence-corrected chi connectivity index (χ4v) is 8.68. The zero-order valence-corrected chi connectivity index (χ0v) is 27.6. The topological polar surface area (TPSA) is 0 Å². The summed E-state index contributed by atoms with van der Waals surface area (Å²) in [7, 11) is 0. The molecule has 2 aromatic carbocycles. The van der Waals surface area contributed by atoms with Crippen molar-refractivity contribution in [2.24, 2.45) is 0 Å². The van der Waals surface area contributed by atoms with Crippen LogP contribution in [0, 0.1) is 7.14 Å². The lowest BCUT2D eigenvalue weighted by atomic mass is 9.91. The second kappa shape index (κ2) is 19.3. The van der Waals surface area contributed by atoms with Crippen LogP contribution in [0.15, 0.2) is 24.3 Å². The molecule has 0 fully saturated rings. The second-order valence-corrected chi connectivity index (χ2v) is 13.9. The van der Waals surface area contributed by atoms with Gasteiger partial charge in [0.25, 0.3) is 0 Å². The Kier molecular flexibility index (Phi) is 16.9. The van der Waals surface area contributed by atoms with Crippen molar-refractivity contribution in [1.82, 2.24) is 0 Å². The molecule has 0 aliphatic carbocycles. The standard InChI is InChI=1S/C36H58I/c1-7-13-19-29-25-27-35(33(23-17-11-5)31(29)21-15-9-3)37-36-28-26-30(20-14-8-2)32(22-16-10-4)34(36)24-18-12-6/h25-28H,7-24H2,1-6H3/q+1. The minimum atomic E-state index is -0.168. The van der Waals surface area contributed by atoms with Crippen LogP contribution in [0.4, 0.5) is 0 Å². The van der Waals surface area contributed by atoms with E-state index in [-0.39, 0.29) is 21.2 Å². The van der Waals surface area contributed by atoms with Gasteiger partial charge < -0.3 is 0 Å². The molecule has 0 N–H and O–H groups in total. The second-order valence-electron chi connectivity index (χ2n) is 11.0. The van der Waals surface area contributed by atoms with Gasteiger partial charge in [-0.05, 0) is 111 Å². The predicted octanol–water partition coefficient (Wildman–Crippen LogP) is 7.87. The average molecular weight is 618 g/mol.